The molecular weight excluding hydrogens is 596 g/mol. The van der Waals surface area contributed by atoms with Gasteiger partial charge in [0.2, 0.25) is 6.29 Å². The fraction of sp³-hybridized carbons (Fsp3) is 0.455. The predicted molar refractivity (Wildman–Crippen MR) is 129 cm³/mol. The number of hydrogen-bond acceptors (Lipinski definition) is 11. The number of carbonyl (C=O) groups excluding carboxylic acids is 6. The Morgan fingerprint density at radius 1 is 0.711 bits per heavy atom. The van der Waals surface area contributed by atoms with E-state index in [0.29, 0.717) is 4.90 Å². The van der Waals surface area contributed by atoms with Crippen LogP contribution >= 0.6 is 46.4 Å². The average Bonchev–Trinajstić information content (AvgIpc) is 3.06. The van der Waals surface area contributed by atoms with Crippen molar-refractivity contribution in [3.8, 4) is 0 Å². The smallest absolute Gasteiger partial charge is 0.305 e. The molecule has 5 atom stereocenters. The molecule has 2 unspecified atom stereocenters. The lowest BCUT2D eigenvalue weighted by atomic mass is 9.94. The van der Waals surface area contributed by atoms with Crippen molar-refractivity contribution in [3.63, 3.8) is 0 Å². The van der Waals surface area contributed by atoms with E-state index in [2.05, 4.69) is 0 Å². The van der Waals surface area contributed by atoms with Gasteiger partial charge in [-0.1, -0.05) is 46.4 Å². The van der Waals surface area contributed by atoms with Crippen LogP contribution in [-0.4, -0.2) is 77.8 Å². The van der Waals surface area contributed by atoms with Crippen LogP contribution in [0.3, 0.4) is 0 Å². The molecule has 0 spiro atoms. The molecular formula is C22H19Cl4NO11. The Kier molecular flexibility index (Phi) is 9.15. The van der Waals surface area contributed by atoms with E-state index in [1.165, 1.54) is 0 Å². The van der Waals surface area contributed by atoms with Crippen LogP contribution in [0.4, 0.5) is 0 Å². The highest BCUT2D eigenvalue weighted by molar-refractivity contribution is 6.55. The Morgan fingerprint density at radius 2 is 1.16 bits per heavy atom. The van der Waals surface area contributed by atoms with Crippen molar-refractivity contribution in [2.24, 2.45) is 0 Å². The van der Waals surface area contributed by atoms with Crippen LogP contribution in [-0.2, 0) is 42.9 Å². The van der Waals surface area contributed by atoms with Crippen LogP contribution in [0.25, 0.3) is 0 Å². The van der Waals surface area contributed by atoms with Crippen molar-refractivity contribution in [1.29, 1.82) is 0 Å². The van der Waals surface area contributed by atoms with Crippen molar-refractivity contribution in [1.82, 2.24) is 4.90 Å². The van der Waals surface area contributed by atoms with Crippen molar-refractivity contribution in [2.45, 2.75) is 58.3 Å². The molecule has 1 aromatic carbocycles. The number of nitrogens with zero attached hydrogens (tertiary/aromatic N) is 1. The molecule has 1 fully saturated rings. The number of rotatable bonds is 6. The monoisotopic (exact) mass is 613 g/mol. The number of esters is 4. The Bertz CT molecular complexity index is 1190. The van der Waals surface area contributed by atoms with Crippen molar-refractivity contribution >= 4 is 82.1 Å². The third kappa shape index (κ3) is 5.69. The van der Waals surface area contributed by atoms with Gasteiger partial charge in [0.1, 0.15) is 18.8 Å². The highest BCUT2D eigenvalue weighted by atomic mass is 35.5. The highest BCUT2D eigenvalue weighted by Gasteiger charge is 2.59. The fourth-order valence-corrected chi connectivity index (χ4v) is 5.07. The predicted octanol–water partition coefficient (Wildman–Crippen LogP) is 2.98. The summed E-state index contributed by atoms with van der Waals surface area (Å²) in [5.74, 6) is -5.59. The van der Waals surface area contributed by atoms with E-state index in [0.717, 1.165) is 27.7 Å². The Hall–Kier alpha value is -2.64. The Labute approximate surface area is 235 Å². The molecule has 1 aromatic rings. The van der Waals surface area contributed by atoms with E-state index >= 15 is 0 Å². The molecule has 2 heterocycles. The first kappa shape index (κ1) is 29.9. The van der Waals surface area contributed by atoms with Crippen LogP contribution in [0, 0.1) is 0 Å². The van der Waals surface area contributed by atoms with Gasteiger partial charge in [-0.05, 0) is 0 Å². The maximum atomic E-state index is 13.6. The lowest BCUT2D eigenvalue weighted by molar-refractivity contribution is -0.278. The standard InChI is InChI=1S/C22H19Cl4NO11/c1-6(28)34-5-10-18(35-7(2)29)19(36-8(3)30)17(22(38-10)37-9(4)31)27-20(32)11-12(21(27)33)14(24)16(26)15(25)13(11)23/h10,17-19,22H,5H2,1-4H3/t10?,17-,18-,19?,22+/m0/s1. The van der Waals surface area contributed by atoms with Gasteiger partial charge >= 0.3 is 23.9 Å². The maximum Gasteiger partial charge on any atom is 0.305 e. The molecule has 2 aliphatic rings. The van der Waals surface area contributed by atoms with Gasteiger partial charge < -0.3 is 23.7 Å². The maximum absolute atomic E-state index is 13.6. The minimum Gasteiger partial charge on any atom is -0.463 e. The zero-order valence-corrected chi connectivity index (χ0v) is 23.1. The molecule has 0 aromatic heterocycles. The summed E-state index contributed by atoms with van der Waals surface area (Å²) in [5, 5.41) is -1.36. The third-order valence-electron chi connectivity index (χ3n) is 5.38. The number of fused-ring (bicyclic) bond motifs is 1. The number of halogens is 4. The summed E-state index contributed by atoms with van der Waals surface area (Å²) in [7, 11) is 0. The normalized spacial score (nSPS) is 24.5. The first-order valence-corrected chi connectivity index (χ1v) is 12.2. The summed E-state index contributed by atoms with van der Waals surface area (Å²) in [6.45, 7) is 3.61. The van der Waals surface area contributed by atoms with E-state index in [9.17, 15) is 28.8 Å². The van der Waals surface area contributed by atoms with Gasteiger partial charge in [0.05, 0.1) is 31.2 Å². The van der Waals surface area contributed by atoms with Crippen molar-refractivity contribution in [3.05, 3.63) is 31.2 Å². The van der Waals surface area contributed by atoms with Crippen molar-refractivity contribution < 1.29 is 52.5 Å². The summed E-state index contributed by atoms with van der Waals surface area (Å²) in [4.78, 5) is 75.2. The third-order valence-corrected chi connectivity index (χ3v) is 7.18. The largest absolute Gasteiger partial charge is 0.463 e. The number of benzene rings is 1. The topological polar surface area (TPSA) is 152 Å². The number of ether oxygens (including phenoxy) is 5. The zero-order valence-electron chi connectivity index (χ0n) is 20.0. The minimum absolute atomic E-state index is 0.299. The highest BCUT2D eigenvalue weighted by Crippen LogP contribution is 2.46. The lowest BCUT2D eigenvalue weighted by Gasteiger charge is -2.46. The summed E-state index contributed by atoms with van der Waals surface area (Å²) in [6.07, 6.45) is -6.38. The Balaban J connectivity index is 2.21. The zero-order chi connectivity index (χ0) is 28.6. The number of carbonyl (C=O) groups is 6. The fourth-order valence-electron chi connectivity index (χ4n) is 4.05. The molecule has 0 saturated carbocycles. The molecule has 3 rings (SSSR count). The van der Waals surface area contributed by atoms with Gasteiger partial charge in [0.25, 0.3) is 11.8 Å². The second-order valence-electron chi connectivity index (χ2n) is 8.08. The van der Waals surface area contributed by atoms with Gasteiger partial charge in [0.15, 0.2) is 12.2 Å². The molecule has 38 heavy (non-hydrogen) atoms. The van der Waals surface area contributed by atoms with Crippen molar-refractivity contribution in [2.75, 3.05) is 6.61 Å². The molecule has 0 radical (unpaired) electrons. The molecule has 16 heteroatoms. The van der Waals surface area contributed by atoms with Gasteiger partial charge in [0, 0.05) is 27.7 Å². The first-order chi connectivity index (χ1) is 17.7. The van der Waals surface area contributed by atoms with Crippen LogP contribution in [0.2, 0.25) is 20.1 Å². The van der Waals surface area contributed by atoms with E-state index in [1.54, 1.807) is 0 Å². The molecule has 206 valence electrons. The first-order valence-electron chi connectivity index (χ1n) is 10.7. The second-order valence-corrected chi connectivity index (χ2v) is 9.59. The Morgan fingerprint density at radius 3 is 1.58 bits per heavy atom. The average molecular weight is 615 g/mol. The molecule has 0 N–H and O–H groups in total. The molecule has 2 aliphatic heterocycles. The van der Waals surface area contributed by atoms with Crippen LogP contribution in [0.15, 0.2) is 0 Å². The van der Waals surface area contributed by atoms with E-state index in [-0.39, 0.29) is 20.1 Å². The summed E-state index contributed by atoms with van der Waals surface area (Å²) < 4.78 is 26.6. The minimum atomic E-state index is -1.80. The van der Waals surface area contributed by atoms with Crippen LogP contribution in [0.1, 0.15) is 48.4 Å². The number of hydrogen-bond donors (Lipinski definition) is 0. The number of amides is 2. The molecule has 0 aliphatic carbocycles. The molecule has 1 saturated heterocycles. The van der Waals surface area contributed by atoms with Gasteiger partial charge in [-0.2, -0.15) is 0 Å². The second kappa shape index (κ2) is 11.6. The summed E-state index contributed by atoms with van der Waals surface area (Å²) in [5.41, 5.74) is -0.824. The summed E-state index contributed by atoms with van der Waals surface area (Å²) >= 11 is 24.6. The molecule has 0 bridgehead atoms. The summed E-state index contributed by atoms with van der Waals surface area (Å²) in [6, 6.07) is -1.74. The van der Waals surface area contributed by atoms with E-state index in [4.69, 9.17) is 70.1 Å². The number of imide groups is 1. The van der Waals surface area contributed by atoms with E-state index < -0.39 is 84.1 Å². The van der Waals surface area contributed by atoms with Gasteiger partial charge in [-0.3, -0.25) is 33.7 Å². The van der Waals surface area contributed by atoms with Gasteiger partial charge in [-0.25, -0.2) is 0 Å². The van der Waals surface area contributed by atoms with E-state index in [1.807, 2.05) is 0 Å². The van der Waals surface area contributed by atoms with Gasteiger partial charge in [-0.15, -0.1) is 0 Å². The molecule has 12 nitrogen and oxygen atoms in total. The molecule has 2 amide bonds. The quantitative estimate of drug-likeness (QED) is 0.153. The van der Waals surface area contributed by atoms with Crippen LogP contribution in [0.5, 0.6) is 0 Å². The lowest BCUT2D eigenvalue weighted by Crippen LogP contribution is -2.67. The van der Waals surface area contributed by atoms with Crippen LogP contribution < -0.4 is 0 Å². The SMILES string of the molecule is CC(=O)OCC1O[C@@H](OC(C)=O)[C@@H](N2C(=O)c3c(Cl)c(Cl)c(Cl)c(Cl)c3C2=O)C(OC(C)=O)[C@H]1OC(C)=O.